The van der Waals surface area contributed by atoms with E-state index in [0.29, 0.717) is 5.92 Å². The molecule has 0 bridgehead atoms. The largest absolute Gasteiger partial charge is 0.393 e. The highest BCUT2D eigenvalue weighted by Crippen LogP contribution is 2.75. The molecule has 0 spiro atoms. The minimum absolute atomic E-state index is 0.0264. The van der Waals surface area contributed by atoms with Crippen LogP contribution in [0.5, 0.6) is 0 Å². The minimum Gasteiger partial charge on any atom is -0.393 e. The molecule has 4 saturated carbocycles. The van der Waals surface area contributed by atoms with E-state index in [1.807, 2.05) is 6.92 Å². The molecule has 0 unspecified atom stereocenters. The quantitative estimate of drug-likeness (QED) is 0.406. The molecule has 34 heavy (non-hydrogen) atoms. The number of aliphatic hydroxyl groups excluding tert-OH is 3. The van der Waals surface area contributed by atoms with Gasteiger partial charge in [-0.1, -0.05) is 46.3 Å². The third-order valence-electron chi connectivity index (χ3n) is 12.3. The highest BCUT2D eigenvalue weighted by atomic mass is 16.3. The summed E-state index contributed by atoms with van der Waals surface area (Å²) in [5.74, 6) is 0.442. The van der Waals surface area contributed by atoms with Gasteiger partial charge in [0.25, 0.3) is 0 Å². The van der Waals surface area contributed by atoms with Crippen molar-refractivity contribution in [3.05, 3.63) is 11.6 Å². The first-order valence-corrected chi connectivity index (χ1v) is 13.9. The van der Waals surface area contributed by atoms with Crippen LogP contribution in [0.25, 0.3) is 0 Å². The van der Waals surface area contributed by atoms with Crippen LogP contribution in [0.3, 0.4) is 0 Å². The van der Waals surface area contributed by atoms with Gasteiger partial charge in [0.05, 0.1) is 23.9 Å². The standard InChI is InChI=1S/C30H52O4/c1-18(2)10-9-13-30(8,34)19-11-15-28(6)24(19)20(31)16-22-27(5)14-12-23(33)26(3,4)25(27)21(32)17-29(22,28)7/h10,19-25,31-34H,9,11-17H2,1-8H3/t19-,20+,21+,22+,23-,24-,25-,27+,28+,29+,30+/m0/s1. The molecule has 0 aromatic heterocycles. The van der Waals surface area contributed by atoms with E-state index in [0.717, 1.165) is 51.4 Å². The molecule has 0 aromatic rings. The van der Waals surface area contributed by atoms with Crippen LogP contribution < -0.4 is 0 Å². The number of allylic oxidation sites excluding steroid dienone is 2. The van der Waals surface area contributed by atoms with Crippen LogP contribution in [0.15, 0.2) is 11.6 Å². The lowest BCUT2D eigenvalue weighted by Gasteiger charge is -2.71. The van der Waals surface area contributed by atoms with Gasteiger partial charge in [-0.05, 0) is 117 Å². The van der Waals surface area contributed by atoms with Gasteiger partial charge in [0.15, 0.2) is 0 Å². The first kappa shape index (κ1) is 26.6. The van der Waals surface area contributed by atoms with Crippen molar-refractivity contribution in [1.82, 2.24) is 0 Å². The number of aliphatic hydroxyl groups is 4. The topological polar surface area (TPSA) is 80.9 Å². The molecule has 0 heterocycles. The molecule has 4 N–H and O–H groups in total. The summed E-state index contributed by atoms with van der Waals surface area (Å²) in [5, 5.41) is 46.0. The summed E-state index contributed by atoms with van der Waals surface area (Å²) in [4.78, 5) is 0. The lowest BCUT2D eigenvalue weighted by atomic mass is 9.34. The molecule has 4 aliphatic carbocycles. The highest BCUT2D eigenvalue weighted by molar-refractivity contribution is 5.21. The first-order valence-electron chi connectivity index (χ1n) is 13.9. The third-order valence-corrected chi connectivity index (χ3v) is 12.3. The van der Waals surface area contributed by atoms with E-state index in [2.05, 4.69) is 54.5 Å². The molecule has 196 valence electrons. The predicted octanol–water partition coefficient (Wildman–Crippen LogP) is 5.47. The van der Waals surface area contributed by atoms with Gasteiger partial charge in [0.2, 0.25) is 0 Å². The smallest absolute Gasteiger partial charge is 0.0654 e. The zero-order chi connectivity index (χ0) is 25.5. The molecular weight excluding hydrogens is 424 g/mol. The highest BCUT2D eigenvalue weighted by Gasteiger charge is 2.72. The van der Waals surface area contributed by atoms with Crippen molar-refractivity contribution in [1.29, 1.82) is 0 Å². The van der Waals surface area contributed by atoms with Crippen LogP contribution >= 0.6 is 0 Å². The summed E-state index contributed by atoms with van der Waals surface area (Å²) >= 11 is 0. The average Bonchev–Trinajstić information content (AvgIpc) is 3.07. The van der Waals surface area contributed by atoms with Crippen LogP contribution in [0.2, 0.25) is 0 Å². The van der Waals surface area contributed by atoms with Crippen molar-refractivity contribution in [3.63, 3.8) is 0 Å². The van der Waals surface area contributed by atoms with Gasteiger partial charge < -0.3 is 20.4 Å². The Morgan fingerprint density at radius 2 is 1.59 bits per heavy atom. The van der Waals surface area contributed by atoms with Crippen LogP contribution in [-0.4, -0.2) is 44.3 Å². The van der Waals surface area contributed by atoms with Gasteiger partial charge in [-0.25, -0.2) is 0 Å². The molecule has 4 heteroatoms. The first-order chi connectivity index (χ1) is 15.5. The maximum Gasteiger partial charge on any atom is 0.0654 e. The Hall–Kier alpha value is -0.420. The second-order valence-corrected chi connectivity index (χ2v) is 14.7. The summed E-state index contributed by atoms with van der Waals surface area (Å²) in [6.45, 7) is 17.5. The Morgan fingerprint density at radius 1 is 0.941 bits per heavy atom. The normalized spacial score (nSPS) is 51.6. The fraction of sp³-hybridized carbons (Fsp3) is 0.933. The second-order valence-electron chi connectivity index (χ2n) is 14.7. The van der Waals surface area contributed by atoms with E-state index >= 15 is 0 Å². The van der Waals surface area contributed by atoms with Gasteiger partial charge >= 0.3 is 0 Å². The summed E-state index contributed by atoms with van der Waals surface area (Å²) in [7, 11) is 0. The van der Waals surface area contributed by atoms with E-state index in [-0.39, 0.29) is 39.4 Å². The third kappa shape index (κ3) is 3.60. The fourth-order valence-corrected chi connectivity index (χ4v) is 10.5. The molecule has 0 aliphatic heterocycles. The Labute approximate surface area is 208 Å². The van der Waals surface area contributed by atoms with Crippen LogP contribution in [-0.2, 0) is 0 Å². The molecular formula is C30H52O4. The SMILES string of the molecule is CC(C)=CCC[C@@](C)(O)[C@H]1CC[C@]2(C)[C@@H]1[C@H](O)C[C@@H]1[C@@]3(C)CC[C@H](O)C(C)(C)[C@@H]3[C@H](O)C[C@]12C. The molecule has 4 aliphatic rings. The molecule has 11 atom stereocenters. The minimum atomic E-state index is -0.810. The van der Waals surface area contributed by atoms with Crippen molar-refractivity contribution in [2.45, 2.75) is 131 Å². The maximum absolute atomic E-state index is 11.8. The summed E-state index contributed by atoms with van der Waals surface area (Å²) in [6, 6.07) is 0. The number of fused-ring (bicyclic) bond motifs is 5. The molecule has 4 nitrogen and oxygen atoms in total. The van der Waals surface area contributed by atoms with Crippen molar-refractivity contribution in [2.75, 3.05) is 0 Å². The monoisotopic (exact) mass is 476 g/mol. The van der Waals surface area contributed by atoms with E-state index < -0.39 is 23.9 Å². The Balaban J connectivity index is 1.70. The van der Waals surface area contributed by atoms with Gasteiger partial charge in [-0.15, -0.1) is 0 Å². The van der Waals surface area contributed by atoms with Crippen molar-refractivity contribution in [3.8, 4) is 0 Å². The fourth-order valence-electron chi connectivity index (χ4n) is 10.5. The Bertz CT molecular complexity index is 813. The molecule has 4 rings (SSSR count). The number of rotatable bonds is 4. The second kappa shape index (κ2) is 8.30. The molecule has 4 fully saturated rings. The van der Waals surface area contributed by atoms with Crippen molar-refractivity contribution in [2.24, 2.45) is 45.3 Å². The zero-order valence-electron chi connectivity index (χ0n) is 23.1. The van der Waals surface area contributed by atoms with Crippen LogP contribution in [0.4, 0.5) is 0 Å². The van der Waals surface area contributed by atoms with Crippen LogP contribution in [0.1, 0.15) is 107 Å². The molecule has 0 saturated heterocycles. The van der Waals surface area contributed by atoms with E-state index in [1.54, 1.807) is 0 Å². The van der Waals surface area contributed by atoms with E-state index in [4.69, 9.17) is 0 Å². The van der Waals surface area contributed by atoms with E-state index in [1.165, 1.54) is 5.57 Å². The van der Waals surface area contributed by atoms with Gasteiger partial charge in [-0.3, -0.25) is 0 Å². The molecule has 0 amide bonds. The van der Waals surface area contributed by atoms with Gasteiger partial charge in [0.1, 0.15) is 0 Å². The summed E-state index contributed by atoms with van der Waals surface area (Å²) in [5.41, 5.74) is -0.230. The maximum atomic E-state index is 11.8. The van der Waals surface area contributed by atoms with Crippen molar-refractivity contribution < 1.29 is 20.4 Å². The molecule has 0 radical (unpaired) electrons. The van der Waals surface area contributed by atoms with E-state index in [9.17, 15) is 20.4 Å². The lowest BCUT2D eigenvalue weighted by Crippen LogP contribution is -2.69. The van der Waals surface area contributed by atoms with Gasteiger partial charge in [0, 0.05) is 0 Å². The summed E-state index contributed by atoms with van der Waals surface area (Å²) in [6.07, 6.45) is 7.54. The predicted molar refractivity (Wildman–Crippen MR) is 137 cm³/mol. The Morgan fingerprint density at radius 3 is 2.21 bits per heavy atom. The van der Waals surface area contributed by atoms with Crippen LogP contribution in [0, 0.1) is 45.3 Å². The summed E-state index contributed by atoms with van der Waals surface area (Å²) < 4.78 is 0. The molecule has 0 aromatic carbocycles. The average molecular weight is 477 g/mol. The number of hydrogen-bond donors (Lipinski definition) is 4. The zero-order valence-corrected chi connectivity index (χ0v) is 23.1. The van der Waals surface area contributed by atoms with Crippen molar-refractivity contribution >= 4 is 0 Å². The van der Waals surface area contributed by atoms with Gasteiger partial charge in [-0.2, -0.15) is 0 Å². The Kier molecular flexibility index (Phi) is 6.50. The lowest BCUT2D eigenvalue weighted by molar-refractivity contribution is -0.274. The number of hydrogen-bond acceptors (Lipinski definition) is 4.